The fourth-order valence-electron chi connectivity index (χ4n) is 3.24. The Hall–Kier alpha value is -2.40. The van der Waals surface area contributed by atoms with E-state index in [2.05, 4.69) is 0 Å². The average molecular weight is 330 g/mol. The highest BCUT2D eigenvalue weighted by atomic mass is 16.5. The maximum absolute atomic E-state index is 9.70. The summed E-state index contributed by atoms with van der Waals surface area (Å²) in [7, 11) is 1.54. The van der Waals surface area contributed by atoms with Gasteiger partial charge in [-0.2, -0.15) is 0 Å². The van der Waals surface area contributed by atoms with Crippen LogP contribution in [0.2, 0.25) is 0 Å². The lowest BCUT2D eigenvalue weighted by Crippen LogP contribution is -2.17. The summed E-state index contributed by atoms with van der Waals surface area (Å²) < 4.78 is 10.8. The molecule has 3 N–H and O–H groups in total. The van der Waals surface area contributed by atoms with Crippen LogP contribution >= 0.6 is 0 Å². The van der Waals surface area contributed by atoms with E-state index in [0.717, 1.165) is 24.0 Å². The molecule has 0 unspecified atom stereocenters. The van der Waals surface area contributed by atoms with Gasteiger partial charge in [-0.1, -0.05) is 12.1 Å². The maximum atomic E-state index is 9.70. The van der Waals surface area contributed by atoms with Gasteiger partial charge in [0, 0.05) is 0 Å². The van der Waals surface area contributed by atoms with Crippen molar-refractivity contribution in [2.75, 3.05) is 20.3 Å². The van der Waals surface area contributed by atoms with E-state index in [1.165, 1.54) is 13.2 Å². The van der Waals surface area contributed by atoms with Gasteiger partial charge in [-0.25, -0.2) is 0 Å². The smallest absolute Gasteiger partial charge is 0.160 e. The molecule has 0 bridgehead atoms. The number of benzene rings is 2. The zero-order valence-electron chi connectivity index (χ0n) is 13.6. The zero-order chi connectivity index (χ0) is 17.1. The van der Waals surface area contributed by atoms with Crippen LogP contribution in [0.4, 0.5) is 0 Å². The van der Waals surface area contributed by atoms with Crippen LogP contribution in [0.25, 0.3) is 0 Å². The minimum absolute atomic E-state index is 0.0914. The zero-order valence-corrected chi connectivity index (χ0v) is 13.6. The van der Waals surface area contributed by atoms with E-state index in [0.29, 0.717) is 30.8 Å². The standard InChI is InChI=1S/C19H22O5/c1-23-19-9-13(3-5-17(19)21)7-15-11-24-10-14(15)6-12-2-4-16(20)18(22)8-12/h2-5,8-9,14-15,20-22H,6-7,10-11H2,1H3/t14-,15-/m0/s1. The summed E-state index contributed by atoms with van der Waals surface area (Å²) in [6, 6.07) is 10.4. The molecule has 0 radical (unpaired) electrons. The molecule has 3 rings (SSSR count). The molecular formula is C19H22O5. The minimum atomic E-state index is -0.103. The van der Waals surface area contributed by atoms with Gasteiger partial charge in [0.2, 0.25) is 0 Å². The van der Waals surface area contributed by atoms with E-state index in [9.17, 15) is 15.3 Å². The van der Waals surface area contributed by atoms with Crippen LogP contribution in [0.1, 0.15) is 11.1 Å². The number of phenols is 3. The Balaban J connectivity index is 1.70. The fraction of sp³-hybridized carbons (Fsp3) is 0.368. The molecular weight excluding hydrogens is 308 g/mol. The summed E-state index contributed by atoms with van der Waals surface area (Å²) in [5, 5.41) is 28.8. The van der Waals surface area contributed by atoms with Gasteiger partial charge in [0.15, 0.2) is 23.0 Å². The van der Waals surface area contributed by atoms with Crippen molar-refractivity contribution >= 4 is 0 Å². The number of hydrogen-bond acceptors (Lipinski definition) is 5. The number of phenolic OH excluding ortho intramolecular Hbond substituents is 3. The molecule has 128 valence electrons. The highest BCUT2D eigenvalue weighted by Gasteiger charge is 2.28. The van der Waals surface area contributed by atoms with Gasteiger partial charge >= 0.3 is 0 Å². The summed E-state index contributed by atoms with van der Waals surface area (Å²) in [6.45, 7) is 1.37. The van der Waals surface area contributed by atoms with E-state index in [-0.39, 0.29) is 17.2 Å². The minimum Gasteiger partial charge on any atom is -0.504 e. The molecule has 0 amide bonds. The SMILES string of the molecule is COc1cc(C[C@H]2COC[C@@H]2Cc2ccc(O)c(O)c2)ccc1O. The summed E-state index contributed by atoms with van der Waals surface area (Å²) in [5.41, 5.74) is 2.08. The van der Waals surface area contributed by atoms with Crippen molar-refractivity contribution in [3.8, 4) is 23.0 Å². The molecule has 0 saturated carbocycles. The second-order valence-corrected chi connectivity index (χ2v) is 6.30. The topological polar surface area (TPSA) is 79.2 Å². The molecule has 24 heavy (non-hydrogen) atoms. The summed E-state index contributed by atoms with van der Waals surface area (Å²) in [4.78, 5) is 0. The summed E-state index contributed by atoms with van der Waals surface area (Å²) in [6.07, 6.45) is 1.62. The van der Waals surface area contributed by atoms with Crippen LogP contribution in [0.15, 0.2) is 36.4 Å². The highest BCUT2D eigenvalue weighted by Crippen LogP contribution is 2.33. The van der Waals surface area contributed by atoms with Gasteiger partial charge in [-0.05, 0) is 60.1 Å². The van der Waals surface area contributed by atoms with Crippen LogP contribution in [-0.2, 0) is 17.6 Å². The van der Waals surface area contributed by atoms with E-state index in [1.54, 1.807) is 12.1 Å². The lowest BCUT2D eigenvalue weighted by atomic mass is 9.85. The number of methoxy groups -OCH3 is 1. The number of ether oxygens (including phenoxy) is 2. The third-order valence-corrected chi connectivity index (χ3v) is 4.61. The molecule has 5 nitrogen and oxygen atoms in total. The molecule has 2 aromatic rings. The first-order chi connectivity index (χ1) is 11.6. The van der Waals surface area contributed by atoms with Gasteiger partial charge in [-0.3, -0.25) is 0 Å². The second kappa shape index (κ2) is 7.01. The highest BCUT2D eigenvalue weighted by molar-refractivity contribution is 5.42. The first kappa shape index (κ1) is 16.5. The van der Waals surface area contributed by atoms with Crippen molar-refractivity contribution in [2.45, 2.75) is 12.8 Å². The molecule has 2 aromatic carbocycles. The number of aromatic hydroxyl groups is 3. The predicted molar refractivity (Wildman–Crippen MR) is 89.6 cm³/mol. The average Bonchev–Trinajstić information content (AvgIpc) is 2.99. The van der Waals surface area contributed by atoms with Crippen molar-refractivity contribution in [3.05, 3.63) is 47.5 Å². The fourth-order valence-corrected chi connectivity index (χ4v) is 3.24. The van der Waals surface area contributed by atoms with Gasteiger partial charge in [0.1, 0.15) is 0 Å². The Morgan fingerprint density at radius 3 is 2.04 bits per heavy atom. The second-order valence-electron chi connectivity index (χ2n) is 6.30. The Kier molecular flexibility index (Phi) is 4.81. The first-order valence-electron chi connectivity index (χ1n) is 8.01. The molecule has 0 spiro atoms. The molecule has 1 heterocycles. The van der Waals surface area contributed by atoms with Crippen molar-refractivity contribution < 1.29 is 24.8 Å². The van der Waals surface area contributed by atoms with Crippen molar-refractivity contribution in [2.24, 2.45) is 11.8 Å². The molecule has 1 aliphatic heterocycles. The van der Waals surface area contributed by atoms with Gasteiger partial charge in [-0.15, -0.1) is 0 Å². The van der Waals surface area contributed by atoms with Crippen LogP contribution in [0.5, 0.6) is 23.0 Å². The first-order valence-corrected chi connectivity index (χ1v) is 8.01. The molecule has 5 heteroatoms. The molecule has 1 fully saturated rings. The van der Waals surface area contributed by atoms with Gasteiger partial charge in [0.05, 0.1) is 20.3 Å². The Morgan fingerprint density at radius 2 is 1.46 bits per heavy atom. The molecule has 0 aliphatic carbocycles. The van der Waals surface area contributed by atoms with Crippen molar-refractivity contribution in [1.82, 2.24) is 0 Å². The Bertz CT molecular complexity index is 713. The lowest BCUT2D eigenvalue weighted by molar-refractivity contribution is 0.180. The maximum Gasteiger partial charge on any atom is 0.160 e. The van der Waals surface area contributed by atoms with E-state index < -0.39 is 0 Å². The normalized spacial score (nSPS) is 20.2. The molecule has 1 aliphatic rings. The Morgan fingerprint density at radius 1 is 0.875 bits per heavy atom. The predicted octanol–water partition coefficient (Wildman–Crippen LogP) is 2.86. The third kappa shape index (κ3) is 3.57. The van der Waals surface area contributed by atoms with Crippen LogP contribution in [-0.4, -0.2) is 35.6 Å². The van der Waals surface area contributed by atoms with E-state index >= 15 is 0 Å². The lowest BCUT2D eigenvalue weighted by Gasteiger charge is -2.18. The Labute approximate surface area is 141 Å². The van der Waals surface area contributed by atoms with E-state index in [4.69, 9.17) is 9.47 Å². The van der Waals surface area contributed by atoms with Crippen LogP contribution in [0.3, 0.4) is 0 Å². The number of hydrogen-bond donors (Lipinski definition) is 3. The van der Waals surface area contributed by atoms with Gasteiger partial charge in [0.25, 0.3) is 0 Å². The quantitative estimate of drug-likeness (QED) is 0.735. The van der Waals surface area contributed by atoms with E-state index in [1.807, 2.05) is 18.2 Å². The molecule has 1 saturated heterocycles. The van der Waals surface area contributed by atoms with Gasteiger partial charge < -0.3 is 24.8 Å². The number of rotatable bonds is 5. The molecule has 2 atom stereocenters. The largest absolute Gasteiger partial charge is 0.504 e. The summed E-state index contributed by atoms with van der Waals surface area (Å²) in [5.74, 6) is 1.12. The van der Waals surface area contributed by atoms with Crippen LogP contribution < -0.4 is 4.74 Å². The monoisotopic (exact) mass is 330 g/mol. The van der Waals surface area contributed by atoms with Crippen molar-refractivity contribution in [1.29, 1.82) is 0 Å². The van der Waals surface area contributed by atoms with Crippen LogP contribution in [0, 0.1) is 11.8 Å². The third-order valence-electron chi connectivity index (χ3n) is 4.61. The van der Waals surface area contributed by atoms with Crippen molar-refractivity contribution in [3.63, 3.8) is 0 Å². The summed E-state index contributed by atoms with van der Waals surface area (Å²) >= 11 is 0. The molecule has 0 aromatic heterocycles.